The van der Waals surface area contributed by atoms with Gasteiger partial charge >= 0.3 is 5.97 Å². The van der Waals surface area contributed by atoms with E-state index < -0.39 is 29.7 Å². The first-order valence-corrected chi connectivity index (χ1v) is 11.0. The van der Waals surface area contributed by atoms with Crippen LogP contribution in [0.25, 0.3) is 11.1 Å². The van der Waals surface area contributed by atoms with Crippen molar-refractivity contribution in [3.05, 3.63) is 52.4 Å². The zero-order chi connectivity index (χ0) is 22.7. The average Bonchev–Trinajstić information content (AvgIpc) is 3.08. The molecule has 31 heavy (non-hydrogen) atoms. The first-order valence-electron chi connectivity index (χ1n) is 10.2. The summed E-state index contributed by atoms with van der Waals surface area (Å²) in [7, 11) is 1.30. The number of thiophene rings is 1. The number of anilines is 1. The van der Waals surface area contributed by atoms with Crippen LogP contribution in [-0.4, -0.2) is 25.0 Å². The molecule has 1 N–H and O–H groups in total. The van der Waals surface area contributed by atoms with Gasteiger partial charge in [0.1, 0.15) is 10.6 Å². The van der Waals surface area contributed by atoms with E-state index in [1.54, 1.807) is 12.2 Å². The number of carbonyl (C=O) groups excluding carboxylic acids is 3. The molecule has 3 rings (SSSR count). The molecule has 1 aromatic carbocycles. The summed E-state index contributed by atoms with van der Waals surface area (Å²) in [4.78, 5) is 37.9. The van der Waals surface area contributed by atoms with E-state index in [0.717, 1.165) is 10.4 Å². The molecule has 0 bridgehead atoms. The van der Waals surface area contributed by atoms with Gasteiger partial charge in [-0.3, -0.25) is 4.79 Å². The molecule has 6 nitrogen and oxygen atoms in total. The molecule has 2 aromatic rings. The van der Waals surface area contributed by atoms with Gasteiger partial charge in [0.05, 0.1) is 13.0 Å². The van der Waals surface area contributed by atoms with Crippen LogP contribution in [0.3, 0.4) is 0 Å². The second-order valence-corrected chi connectivity index (χ2v) is 9.19. The number of allylic oxidation sites excluding steroid dienone is 2. The number of methoxy groups -OCH3 is 1. The molecule has 0 aliphatic heterocycles. The van der Waals surface area contributed by atoms with Gasteiger partial charge in [0.2, 0.25) is 5.91 Å². The van der Waals surface area contributed by atoms with Gasteiger partial charge in [0.25, 0.3) is 0 Å². The van der Waals surface area contributed by atoms with E-state index in [0.29, 0.717) is 22.9 Å². The molecule has 7 heteroatoms. The van der Waals surface area contributed by atoms with E-state index in [1.165, 1.54) is 24.0 Å². The highest BCUT2D eigenvalue weighted by atomic mass is 32.1. The highest BCUT2D eigenvalue weighted by Gasteiger charge is 2.32. The third kappa shape index (κ3) is 4.71. The molecular formula is C24H26NO5S-. The van der Waals surface area contributed by atoms with Crippen LogP contribution in [-0.2, 0) is 14.3 Å². The number of carboxylic acid groups (broad SMARTS) is 1. The van der Waals surface area contributed by atoms with Crippen LogP contribution < -0.4 is 10.4 Å². The monoisotopic (exact) mass is 440 g/mol. The largest absolute Gasteiger partial charge is 0.550 e. The smallest absolute Gasteiger partial charge is 0.341 e. The van der Waals surface area contributed by atoms with Crippen molar-refractivity contribution in [3.8, 4) is 11.1 Å². The topological polar surface area (TPSA) is 95.5 Å². The molecule has 0 radical (unpaired) electrons. The fraction of sp³-hybridized carbons (Fsp3) is 0.375. The maximum Gasteiger partial charge on any atom is 0.341 e. The molecule has 1 amide bonds. The van der Waals surface area contributed by atoms with Gasteiger partial charge < -0.3 is 20.0 Å². The van der Waals surface area contributed by atoms with Gasteiger partial charge in [0, 0.05) is 22.3 Å². The summed E-state index contributed by atoms with van der Waals surface area (Å²) in [5, 5.41) is 14.6. The summed E-state index contributed by atoms with van der Waals surface area (Å²) in [6.07, 6.45) is 4.11. The lowest BCUT2D eigenvalue weighted by Gasteiger charge is -2.28. The summed E-state index contributed by atoms with van der Waals surface area (Å²) in [6, 6.07) is 7.96. The van der Waals surface area contributed by atoms with E-state index in [2.05, 4.69) is 19.2 Å². The van der Waals surface area contributed by atoms with E-state index in [-0.39, 0.29) is 12.0 Å². The highest BCUT2D eigenvalue weighted by molar-refractivity contribution is 7.17. The number of amides is 1. The molecule has 2 atom stereocenters. The highest BCUT2D eigenvalue weighted by Crippen LogP contribution is 2.41. The maximum absolute atomic E-state index is 12.9. The van der Waals surface area contributed by atoms with Crippen molar-refractivity contribution < 1.29 is 24.2 Å². The molecule has 1 heterocycles. The lowest BCUT2D eigenvalue weighted by molar-refractivity contribution is -0.313. The minimum Gasteiger partial charge on any atom is -0.550 e. The molecule has 0 unspecified atom stereocenters. The van der Waals surface area contributed by atoms with Crippen molar-refractivity contribution in [1.82, 2.24) is 0 Å². The van der Waals surface area contributed by atoms with Gasteiger partial charge in [-0.05, 0) is 36.8 Å². The Hall–Kier alpha value is -2.93. The van der Waals surface area contributed by atoms with Crippen molar-refractivity contribution in [3.63, 3.8) is 0 Å². The first kappa shape index (κ1) is 22.7. The molecule has 1 aliphatic carbocycles. The Morgan fingerprint density at radius 3 is 2.26 bits per heavy atom. The Bertz CT molecular complexity index is 1020. The molecule has 0 saturated heterocycles. The standard InChI is InChI=1S/C24H27NO5S/c1-13(2)15-9-11-16(12-10-15)19-14(3)31-22(20(19)24(29)30-4)25-21(26)17-7-5-6-8-18(17)23(27)28/h5-6,9-13,17-18H,7-8H2,1-4H3,(H,25,26)(H,27,28)/p-1/t17-,18-/m0/s1. The van der Waals surface area contributed by atoms with E-state index in [4.69, 9.17) is 4.74 Å². The van der Waals surface area contributed by atoms with E-state index in [1.807, 2.05) is 31.2 Å². The lowest BCUT2D eigenvalue weighted by atomic mass is 9.82. The second-order valence-electron chi connectivity index (χ2n) is 7.97. The lowest BCUT2D eigenvalue weighted by Crippen LogP contribution is -2.41. The minimum atomic E-state index is -1.24. The number of aryl methyl sites for hydroxylation is 1. The number of aliphatic carboxylic acids is 1. The minimum absolute atomic E-state index is 0.251. The molecular weight excluding hydrogens is 414 g/mol. The van der Waals surface area contributed by atoms with Crippen LogP contribution in [0.2, 0.25) is 0 Å². The van der Waals surface area contributed by atoms with Crippen LogP contribution in [0.15, 0.2) is 36.4 Å². The van der Waals surface area contributed by atoms with Crippen molar-refractivity contribution in [2.24, 2.45) is 11.8 Å². The number of hydrogen-bond acceptors (Lipinski definition) is 6. The third-order valence-electron chi connectivity index (χ3n) is 5.65. The number of rotatable bonds is 6. The Balaban J connectivity index is 1.98. The number of hydrogen-bond donors (Lipinski definition) is 1. The third-order valence-corrected chi connectivity index (χ3v) is 6.67. The summed E-state index contributed by atoms with van der Waals surface area (Å²) < 4.78 is 5.00. The van der Waals surface area contributed by atoms with Gasteiger partial charge in [-0.25, -0.2) is 4.79 Å². The summed E-state index contributed by atoms with van der Waals surface area (Å²) in [6.45, 7) is 6.10. The molecule has 0 spiro atoms. The summed E-state index contributed by atoms with van der Waals surface area (Å²) in [5.41, 5.74) is 3.03. The zero-order valence-electron chi connectivity index (χ0n) is 18.1. The predicted molar refractivity (Wildman–Crippen MR) is 119 cm³/mol. The predicted octanol–water partition coefficient (Wildman–Crippen LogP) is 3.90. The molecule has 0 saturated carbocycles. The summed E-state index contributed by atoms with van der Waals surface area (Å²) in [5.74, 6) is -3.50. The average molecular weight is 441 g/mol. The van der Waals surface area contributed by atoms with E-state index in [9.17, 15) is 19.5 Å². The van der Waals surface area contributed by atoms with Crippen LogP contribution in [0, 0.1) is 18.8 Å². The van der Waals surface area contributed by atoms with Crippen molar-refractivity contribution >= 4 is 34.2 Å². The normalized spacial score (nSPS) is 18.1. The SMILES string of the molecule is COC(=O)c1c(NC(=O)[C@H]2CC=CC[C@@H]2C(=O)[O-])sc(C)c1-c1ccc(C(C)C)cc1. The molecule has 164 valence electrons. The van der Waals surface area contributed by atoms with Crippen LogP contribution >= 0.6 is 11.3 Å². The van der Waals surface area contributed by atoms with Crippen molar-refractivity contribution in [1.29, 1.82) is 0 Å². The number of carboxylic acids is 1. The number of esters is 1. The van der Waals surface area contributed by atoms with Crippen LogP contribution in [0.1, 0.15) is 53.4 Å². The number of benzene rings is 1. The van der Waals surface area contributed by atoms with Crippen molar-refractivity contribution in [2.45, 2.75) is 39.5 Å². The summed E-state index contributed by atoms with van der Waals surface area (Å²) >= 11 is 1.28. The Labute approximate surface area is 185 Å². The molecule has 0 fully saturated rings. The number of nitrogens with one attached hydrogen (secondary N) is 1. The number of carbonyl (C=O) groups is 3. The van der Waals surface area contributed by atoms with Crippen molar-refractivity contribution in [2.75, 3.05) is 12.4 Å². The molecule has 1 aliphatic rings. The van der Waals surface area contributed by atoms with Gasteiger partial charge in [0.15, 0.2) is 0 Å². The Morgan fingerprint density at radius 2 is 1.71 bits per heavy atom. The zero-order valence-corrected chi connectivity index (χ0v) is 18.9. The van der Waals surface area contributed by atoms with Crippen LogP contribution in [0.5, 0.6) is 0 Å². The van der Waals surface area contributed by atoms with Gasteiger partial charge in [-0.1, -0.05) is 50.3 Å². The fourth-order valence-electron chi connectivity index (χ4n) is 3.88. The Morgan fingerprint density at radius 1 is 1.10 bits per heavy atom. The second kappa shape index (κ2) is 9.47. The first-order chi connectivity index (χ1) is 14.7. The fourth-order valence-corrected chi connectivity index (χ4v) is 4.95. The number of ether oxygens (including phenoxy) is 1. The Kier molecular flexibility index (Phi) is 6.95. The van der Waals surface area contributed by atoms with E-state index >= 15 is 0 Å². The van der Waals surface area contributed by atoms with Gasteiger partial charge in [-0.15, -0.1) is 11.3 Å². The van der Waals surface area contributed by atoms with Gasteiger partial charge in [-0.2, -0.15) is 0 Å². The maximum atomic E-state index is 12.9. The molecule has 1 aromatic heterocycles. The van der Waals surface area contributed by atoms with Crippen LogP contribution in [0.4, 0.5) is 5.00 Å². The quantitative estimate of drug-likeness (QED) is 0.543.